The van der Waals surface area contributed by atoms with Gasteiger partial charge in [-0.25, -0.2) is 8.42 Å². The first-order valence-electron chi connectivity index (χ1n) is 7.90. The van der Waals surface area contributed by atoms with Crippen LogP contribution in [0.1, 0.15) is 35.8 Å². The maximum atomic E-state index is 12.5. The Morgan fingerprint density at radius 2 is 1.88 bits per heavy atom. The summed E-state index contributed by atoms with van der Waals surface area (Å²) in [5.74, 6) is 0.278. The molecule has 2 N–H and O–H groups in total. The van der Waals surface area contributed by atoms with Gasteiger partial charge in [0.15, 0.2) is 0 Å². The molecule has 0 unspecified atom stereocenters. The van der Waals surface area contributed by atoms with Crippen molar-refractivity contribution in [3.05, 3.63) is 59.7 Å². The fourth-order valence-corrected chi connectivity index (χ4v) is 2.93. The average Bonchev–Trinajstić information content (AvgIpc) is 2.54. The Morgan fingerprint density at radius 1 is 1.16 bits per heavy atom. The second-order valence-electron chi connectivity index (χ2n) is 5.62. The first-order chi connectivity index (χ1) is 11.8. The van der Waals surface area contributed by atoms with Crippen LogP contribution in [0.2, 0.25) is 0 Å². The molecule has 7 heteroatoms. The molecule has 0 aliphatic rings. The molecule has 0 heterocycles. The van der Waals surface area contributed by atoms with Crippen molar-refractivity contribution in [1.82, 2.24) is 5.32 Å². The van der Waals surface area contributed by atoms with Crippen LogP contribution >= 0.6 is 0 Å². The Morgan fingerprint density at radius 3 is 2.56 bits per heavy atom. The fraction of sp³-hybridized carbons (Fsp3) is 0.278. The van der Waals surface area contributed by atoms with Gasteiger partial charge in [0.05, 0.1) is 24.5 Å². The van der Waals surface area contributed by atoms with Crippen LogP contribution in [-0.2, 0) is 10.0 Å². The van der Waals surface area contributed by atoms with Gasteiger partial charge in [-0.1, -0.05) is 24.3 Å². The summed E-state index contributed by atoms with van der Waals surface area (Å²) in [6, 6.07) is 13.7. The Labute approximate surface area is 148 Å². The molecular formula is C18H22N2O4S. The van der Waals surface area contributed by atoms with E-state index in [-0.39, 0.29) is 11.9 Å². The zero-order valence-electron chi connectivity index (χ0n) is 14.4. The van der Waals surface area contributed by atoms with Crippen molar-refractivity contribution < 1.29 is 17.9 Å². The van der Waals surface area contributed by atoms with E-state index in [1.54, 1.807) is 36.4 Å². The fourth-order valence-electron chi connectivity index (χ4n) is 2.38. The van der Waals surface area contributed by atoms with Gasteiger partial charge >= 0.3 is 0 Å². The molecule has 6 nitrogen and oxygen atoms in total. The Kier molecular flexibility index (Phi) is 6.03. The molecule has 25 heavy (non-hydrogen) atoms. The molecule has 2 aromatic rings. The highest BCUT2D eigenvalue weighted by Gasteiger charge is 2.16. The number of ether oxygens (including phenoxy) is 1. The SMILES string of the molecule is CCOc1ccccc1C(=O)N[C@@H](C)c1cccc(NS(C)(=O)=O)c1. The summed E-state index contributed by atoms with van der Waals surface area (Å²) in [6.45, 7) is 4.16. The third kappa shape index (κ3) is 5.49. The topological polar surface area (TPSA) is 84.5 Å². The minimum Gasteiger partial charge on any atom is -0.493 e. The molecule has 0 saturated carbocycles. The summed E-state index contributed by atoms with van der Waals surface area (Å²) in [6.07, 6.45) is 1.09. The van der Waals surface area contributed by atoms with E-state index in [0.717, 1.165) is 11.8 Å². The standard InChI is InChI=1S/C18H22N2O4S/c1-4-24-17-11-6-5-10-16(17)18(21)19-13(2)14-8-7-9-15(12-14)20-25(3,22)23/h5-13,20H,4H2,1-3H3,(H,19,21)/t13-/m0/s1. The molecule has 0 saturated heterocycles. The van der Waals surface area contributed by atoms with Gasteiger partial charge in [-0.2, -0.15) is 0 Å². The van der Waals surface area contributed by atoms with Gasteiger partial charge in [-0.05, 0) is 43.7 Å². The number of sulfonamides is 1. The monoisotopic (exact) mass is 362 g/mol. The summed E-state index contributed by atoms with van der Waals surface area (Å²) < 4.78 is 30.6. The first-order valence-corrected chi connectivity index (χ1v) is 9.79. The highest BCUT2D eigenvalue weighted by atomic mass is 32.2. The smallest absolute Gasteiger partial charge is 0.255 e. The molecule has 0 aliphatic carbocycles. The summed E-state index contributed by atoms with van der Waals surface area (Å²) in [5, 5.41) is 2.91. The number of nitrogens with one attached hydrogen (secondary N) is 2. The Balaban J connectivity index is 2.15. The van der Waals surface area contributed by atoms with Crippen molar-refractivity contribution in [2.24, 2.45) is 0 Å². The summed E-state index contributed by atoms with van der Waals surface area (Å²) in [4.78, 5) is 12.5. The minimum atomic E-state index is -3.35. The van der Waals surface area contributed by atoms with E-state index in [1.165, 1.54) is 0 Å². The lowest BCUT2D eigenvalue weighted by Gasteiger charge is -2.17. The number of carbonyl (C=O) groups excluding carboxylic acids is 1. The Hall–Kier alpha value is -2.54. The molecule has 0 spiro atoms. The van der Waals surface area contributed by atoms with Crippen LogP contribution in [0, 0.1) is 0 Å². The normalized spacial score (nSPS) is 12.3. The lowest BCUT2D eigenvalue weighted by atomic mass is 10.1. The van der Waals surface area contributed by atoms with Gasteiger partial charge in [0, 0.05) is 5.69 Å². The zero-order valence-corrected chi connectivity index (χ0v) is 15.3. The van der Waals surface area contributed by atoms with E-state index in [1.807, 2.05) is 26.0 Å². The summed E-state index contributed by atoms with van der Waals surface area (Å²) in [5.41, 5.74) is 1.70. The largest absolute Gasteiger partial charge is 0.493 e. The molecule has 1 atom stereocenters. The quantitative estimate of drug-likeness (QED) is 0.793. The highest BCUT2D eigenvalue weighted by Crippen LogP contribution is 2.21. The van der Waals surface area contributed by atoms with Gasteiger partial charge in [0.2, 0.25) is 10.0 Å². The molecule has 0 aromatic heterocycles. The van der Waals surface area contributed by atoms with Gasteiger partial charge < -0.3 is 10.1 Å². The van der Waals surface area contributed by atoms with Crippen LogP contribution in [0.25, 0.3) is 0 Å². The number of amides is 1. The highest BCUT2D eigenvalue weighted by molar-refractivity contribution is 7.92. The van der Waals surface area contributed by atoms with E-state index in [9.17, 15) is 13.2 Å². The molecule has 0 bridgehead atoms. The van der Waals surface area contributed by atoms with Crippen molar-refractivity contribution in [2.75, 3.05) is 17.6 Å². The number of para-hydroxylation sites is 1. The van der Waals surface area contributed by atoms with Crippen LogP contribution in [0.3, 0.4) is 0 Å². The lowest BCUT2D eigenvalue weighted by molar-refractivity contribution is 0.0936. The minimum absolute atomic E-state index is 0.252. The molecule has 0 radical (unpaired) electrons. The third-order valence-electron chi connectivity index (χ3n) is 3.47. The Bertz CT molecular complexity index is 850. The lowest BCUT2D eigenvalue weighted by Crippen LogP contribution is -2.27. The second kappa shape index (κ2) is 8.02. The first kappa shape index (κ1) is 18.8. The van der Waals surface area contributed by atoms with Crippen molar-refractivity contribution in [3.8, 4) is 5.75 Å². The maximum Gasteiger partial charge on any atom is 0.255 e. The van der Waals surface area contributed by atoms with E-state index < -0.39 is 10.0 Å². The molecule has 2 aromatic carbocycles. The van der Waals surface area contributed by atoms with Gasteiger partial charge in [-0.15, -0.1) is 0 Å². The van der Waals surface area contributed by atoms with Crippen LogP contribution in [0.5, 0.6) is 5.75 Å². The van der Waals surface area contributed by atoms with Gasteiger partial charge in [-0.3, -0.25) is 9.52 Å². The van der Waals surface area contributed by atoms with Gasteiger partial charge in [0.1, 0.15) is 5.75 Å². The molecular weight excluding hydrogens is 340 g/mol. The number of rotatable bonds is 7. The second-order valence-corrected chi connectivity index (χ2v) is 7.37. The number of carbonyl (C=O) groups is 1. The zero-order chi connectivity index (χ0) is 18.4. The predicted octanol–water partition coefficient (Wildman–Crippen LogP) is 2.95. The van der Waals surface area contributed by atoms with Crippen molar-refractivity contribution >= 4 is 21.6 Å². The van der Waals surface area contributed by atoms with Crippen molar-refractivity contribution in [1.29, 1.82) is 0 Å². The maximum absolute atomic E-state index is 12.5. The van der Waals surface area contributed by atoms with Gasteiger partial charge in [0.25, 0.3) is 5.91 Å². The molecule has 0 aliphatic heterocycles. The predicted molar refractivity (Wildman–Crippen MR) is 98.4 cm³/mol. The number of benzene rings is 2. The third-order valence-corrected chi connectivity index (χ3v) is 4.08. The van der Waals surface area contributed by atoms with Crippen LogP contribution in [0.15, 0.2) is 48.5 Å². The van der Waals surface area contributed by atoms with E-state index in [0.29, 0.717) is 23.6 Å². The van der Waals surface area contributed by atoms with Crippen molar-refractivity contribution in [2.45, 2.75) is 19.9 Å². The van der Waals surface area contributed by atoms with Crippen LogP contribution < -0.4 is 14.8 Å². The number of hydrogen-bond acceptors (Lipinski definition) is 4. The number of hydrogen-bond donors (Lipinski definition) is 2. The van der Waals surface area contributed by atoms with E-state index >= 15 is 0 Å². The number of anilines is 1. The summed E-state index contributed by atoms with van der Waals surface area (Å²) in [7, 11) is -3.35. The van der Waals surface area contributed by atoms with E-state index in [4.69, 9.17) is 4.74 Å². The average molecular weight is 362 g/mol. The van der Waals surface area contributed by atoms with Crippen molar-refractivity contribution in [3.63, 3.8) is 0 Å². The molecule has 134 valence electrons. The molecule has 0 fully saturated rings. The van der Waals surface area contributed by atoms with E-state index in [2.05, 4.69) is 10.0 Å². The molecule has 2 rings (SSSR count). The van der Waals surface area contributed by atoms with Crippen LogP contribution in [-0.4, -0.2) is 27.2 Å². The van der Waals surface area contributed by atoms with Crippen LogP contribution in [0.4, 0.5) is 5.69 Å². The summed E-state index contributed by atoms with van der Waals surface area (Å²) >= 11 is 0. The molecule has 1 amide bonds.